The Hall–Kier alpha value is 0.100. The highest BCUT2D eigenvalue weighted by atomic mass is 127. The lowest BCUT2D eigenvalue weighted by Gasteiger charge is -2.13. The molecule has 4 heteroatoms. The van der Waals surface area contributed by atoms with Gasteiger partial charge < -0.3 is 0 Å². The van der Waals surface area contributed by atoms with Crippen LogP contribution < -0.4 is 0 Å². The maximum Gasteiger partial charge on any atom is 0.146 e. The van der Waals surface area contributed by atoms with Crippen molar-refractivity contribution < 1.29 is 0 Å². The molecule has 2 rings (SSSR count). The van der Waals surface area contributed by atoms with E-state index in [1.165, 1.54) is 19.3 Å². The smallest absolute Gasteiger partial charge is 0.146 e. The van der Waals surface area contributed by atoms with Crippen LogP contribution in [0.4, 0.5) is 0 Å². The first-order chi connectivity index (χ1) is 8.47. The summed E-state index contributed by atoms with van der Waals surface area (Å²) in [6.45, 7) is 6.73. The minimum atomic E-state index is 0.514. The molecule has 0 bridgehead atoms. The Labute approximate surface area is 128 Å². The molecule has 2 atom stereocenters. The molecule has 1 saturated carbocycles. The molecule has 2 unspecified atom stereocenters. The molecule has 1 aromatic rings. The number of nitrogens with zero attached hydrogens (tertiary/aromatic N) is 2. The Morgan fingerprint density at radius 1 is 1.33 bits per heavy atom. The number of aromatic nitrogens is 2. The molecule has 18 heavy (non-hydrogen) atoms. The van der Waals surface area contributed by atoms with Gasteiger partial charge in [-0.25, -0.2) is 9.97 Å². The predicted octanol–water partition coefficient (Wildman–Crippen LogP) is 4.84. The van der Waals surface area contributed by atoms with Gasteiger partial charge in [0, 0.05) is 5.92 Å². The van der Waals surface area contributed by atoms with E-state index in [1.54, 1.807) is 0 Å². The first-order valence-electron chi connectivity index (χ1n) is 6.69. The molecule has 0 aromatic carbocycles. The molecule has 0 radical (unpaired) electrons. The first kappa shape index (κ1) is 14.5. The van der Waals surface area contributed by atoms with Gasteiger partial charge in [0.25, 0.3) is 0 Å². The number of hydrogen-bond acceptors (Lipinski definition) is 2. The summed E-state index contributed by atoms with van der Waals surface area (Å²) >= 11 is 8.52. The maximum atomic E-state index is 6.26. The van der Waals surface area contributed by atoms with E-state index in [4.69, 9.17) is 16.6 Å². The van der Waals surface area contributed by atoms with Crippen molar-refractivity contribution in [1.82, 2.24) is 9.97 Å². The third-order valence-corrected chi connectivity index (χ3v) is 5.28. The van der Waals surface area contributed by atoms with Crippen molar-refractivity contribution in [2.75, 3.05) is 0 Å². The molecule has 0 saturated heterocycles. The molecule has 2 nitrogen and oxygen atoms in total. The maximum absolute atomic E-state index is 6.26. The Balaban J connectivity index is 2.29. The zero-order chi connectivity index (χ0) is 13.3. The van der Waals surface area contributed by atoms with Crippen LogP contribution in [0.2, 0.25) is 5.15 Å². The van der Waals surface area contributed by atoms with Crippen molar-refractivity contribution in [3.05, 3.63) is 20.2 Å². The highest BCUT2D eigenvalue weighted by molar-refractivity contribution is 14.1. The topological polar surface area (TPSA) is 25.8 Å². The monoisotopic (exact) mass is 378 g/mol. The molecular weight excluding hydrogens is 359 g/mol. The standard InChI is InChI=1S/C14H20ClIN2/c1-8(2)6-11-12(16)13(15)18-14(17-11)10-5-4-9(3)7-10/h8-10H,4-7H2,1-3H3. The van der Waals surface area contributed by atoms with Crippen molar-refractivity contribution >= 4 is 34.2 Å². The van der Waals surface area contributed by atoms with Crippen LogP contribution in [0.15, 0.2) is 0 Å². The van der Waals surface area contributed by atoms with E-state index >= 15 is 0 Å². The molecular formula is C14H20ClIN2. The number of hydrogen-bond donors (Lipinski definition) is 0. The Kier molecular flexibility index (Phi) is 4.86. The van der Waals surface area contributed by atoms with Crippen molar-refractivity contribution in [2.45, 2.75) is 52.4 Å². The van der Waals surface area contributed by atoms with Gasteiger partial charge in [-0.15, -0.1) is 0 Å². The third kappa shape index (κ3) is 3.35. The van der Waals surface area contributed by atoms with Crippen LogP contribution in [0, 0.1) is 15.4 Å². The van der Waals surface area contributed by atoms with Crippen LogP contribution in [0.1, 0.15) is 57.5 Å². The average molecular weight is 379 g/mol. The fourth-order valence-electron chi connectivity index (χ4n) is 2.63. The van der Waals surface area contributed by atoms with E-state index in [-0.39, 0.29) is 0 Å². The fraction of sp³-hybridized carbons (Fsp3) is 0.714. The molecule has 1 aliphatic rings. The molecule has 0 N–H and O–H groups in total. The summed E-state index contributed by atoms with van der Waals surface area (Å²) in [5.74, 6) is 2.88. The third-order valence-electron chi connectivity index (χ3n) is 3.56. The van der Waals surface area contributed by atoms with Crippen LogP contribution in [-0.4, -0.2) is 9.97 Å². The van der Waals surface area contributed by atoms with Gasteiger partial charge in [0.1, 0.15) is 11.0 Å². The zero-order valence-electron chi connectivity index (χ0n) is 11.2. The van der Waals surface area contributed by atoms with Gasteiger partial charge in [0.2, 0.25) is 0 Å². The van der Waals surface area contributed by atoms with Gasteiger partial charge in [-0.1, -0.05) is 32.4 Å². The van der Waals surface area contributed by atoms with E-state index in [2.05, 4.69) is 48.3 Å². The Bertz CT molecular complexity index is 434. The van der Waals surface area contributed by atoms with Crippen LogP contribution in [-0.2, 0) is 6.42 Å². The van der Waals surface area contributed by atoms with Crippen molar-refractivity contribution in [2.24, 2.45) is 11.8 Å². The van der Waals surface area contributed by atoms with Gasteiger partial charge >= 0.3 is 0 Å². The van der Waals surface area contributed by atoms with E-state index in [0.717, 1.165) is 27.4 Å². The lowest BCUT2D eigenvalue weighted by Crippen LogP contribution is -2.09. The second-order valence-electron chi connectivity index (χ2n) is 5.85. The SMILES string of the molecule is CC(C)Cc1nc(C2CCC(C)C2)nc(Cl)c1I. The highest BCUT2D eigenvalue weighted by Gasteiger charge is 2.26. The van der Waals surface area contributed by atoms with Crippen LogP contribution in [0.25, 0.3) is 0 Å². The summed E-state index contributed by atoms with van der Waals surface area (Å²) in [6.07, 6.45) is 4.68. The van der Waals surface area contributed by atoms with Crippen molar-refractivity contribution in [3.8, 4) is 0 Å². The van der Waals surface area contributed by atoms with Crippen LogP contribution in [0.5, 0.6) is 0 Å². The largest absolute Gasteiger partial charge is 0.236 e. The Morgan fingerprint density at radius 2 is 2.06 bits per heavy atom. The second kappa shape index (κ2) is 6.04. The van der Waals surface area contributed by atoms with Gasteiger partial charge in [-0.2, -0.15) is 0 Å². The summed E-state index contributed by atoms with van der Waals surface area (Å²) < 4.78 is 1.03. The second-order valence-corrected chi connectivity index (χ2v) is 7.28. The summed E-state index contributed by atoms with van der Waals surface area (Å²) in [6, 6.07) is 0. The van der Waals surface area contributed by atoms with E-state index in [0.29, 0.717) is 17.0 Å². The van der Waals surface area contributed by atoms with E-state index < -0.39 is 0 Å². The molecule has 1 aliphatic carbocycles. The minimum absolute atomic E-state index is 0.514. The number of rotatable bonds is 3. The summed E-state index contributed by atoms with van der Waals surface area (Å²) in [7, 11) is 0. The molecule has 1 aromatic heterocycles. The number of halogens is 2. The molecule has 0 aliphatic heterocycles. The summed E-state index contributed by atoms with van der Waals surface area (Å²) in [4.78, 5) is 9.29. The van der Waals surface area contributed by atoms with Gasteiger partial charge in [0.05, 0.1) is 9.26 Å². The lowest BCUT2D eigenvalue weighted by molar-refractivity contribution is 0.577. The molecule has 100 valence electrons. The Morgan fingerprint density at radius 3 is 2.61 bits per heavy atom. The highest BCUT2D eigenvalue weighted by Crippen LogP contribution is 2.37. The first-order valence-corrected chi connectivity index (χ1v) is 8.14. The lowest BCUT2D eigenvalue weighted by atomic mass is 10.0. The van der Waals surface area contributed by atoms with Gasteiger partial charge in [-0.05, 0) is 60.1 Å². The molecule has 0 amide bonds. The zero-order valence-corrected chi connectivity index (χ0v) is 14.1. The quantitative estimate of drug-likeness (QED) is 0.556. The predicted molar refractivity (Wildman–Crippen MR) is 84.1 cm³/mol. The molecule has 0 spiro atoms. The summed E-state index contributed by atoms with van der Waals surface area (Å²) in [5.41, 5.74) is 1.13. The van der Waals surface area contributed by atoms with Crippen LogP contribution >= 0.6 is 34.2 Å². The van der Waals surface area contributed by atoms with E-state index in [1.807, 2.05) is 0 Å². The fourth-order valence-corrected chi connectivity index (χ4v) is 3.28. The van der Waals surface area contributed by atoms with E-state index in [9.17, 15) is 0 Å². The van der Waals surface area contributed by atoms with Crippen molar-refractivity contribution in [3.63, 3.8) is 0 Å². The van der Waals surface area contributed by atoms with Crippen LogP contribution in [0.3, 0.4) is 0 Å². The summed E-state index contributed by atoms with van der Waals surface area (Å²) in [5, 5.41) is 0.635. The molecule has 1 heterocycles. The normalized spacial score (nSPS) is 23.9. The van der Waals surface area contributed by atoms with Gasteiger partial charge in [0.15, 0.2) is 0 Å². The van der Waals surface area contributed by atoms with Crippen molar-refractivity contribution in [1.29, 1.82) is 0 Å². The molecule has 1 fully saturated rings. The van der Waals surface area contributed by atoms with Gasteiger partial charge in [-0.3, -0.25) is 0 Å². The average Bonchev–Trinajstić information content (AvgIpc) is 2.70. The minimum Gasteiger partial charge on any atom is -0.236 e.